The molecule has 1 unspecified atom stereocenters. The van der Waals surface area contributed by atoms with Crippen LogP contribution in [-0.4, -0.2) is 16.9 Å². The Kier molecular flexibility index (Phi) is 6.77. The summed E-state index contributed by atoms with van der Waals surface area (Å²) in [5.41, 5.74) is 7.64. The van der Waals surface area contributed by atoms with Crippen molar-refractivity contribution in [2.24, 2.45) is 17.1 Å². The van der Waals surface area contributed by atoms with E-state index in [-0.39, 0.29) is 15.6 Å². The number of carbonyl (C=O) groups excluding carboxylic acids is 2. The number of primary amides is 1. The lowest BCUT2D eigenvalue weighted by molar-refractivity contribution is 0.0975. The van der Waals surface area contributed by atoms with Gasteiger partial charge in [-0.15, -0.1) is 11.3 Å². The van der Waals surface area contributed by atoms with E-state index in [0.717, 1.165) is 29.7 Å². The number of fused-ring (bicyclic) bond motifs is 1. The molecule has 0 bridgehead atoms. The predicted molar refractivity (Wildman–Crippen MR) is 128 cm³/mol. The zero-order valence-electron chi connectivity index (χ0n) is 16.9. The maximum absolute atomic E-state index is 12.4. The Balaban J connectivity index is 1.78. The maximum atomic E-state index is 12.4. The van der Waals surface area contributed by atoms with E-state index in [1.54, 1.807) is 12.1 Å². The number of benzene rings is 1. The number of carbonyl (C=O) groups is 2. The molecule has 0 saturated heterocycles. The van der Waals surface area contributed by atoms with Gasteiger partial charge in [-0.1, -0.05) is 44.0 Å². The number of thiocarbonyl (C=S) groups is 1. The number of nitrogens with one attached hydrogen (secondary N) is 2. The van der Waals surface area contributed by atoms with Crippen LogP contribution in [0.1, 0.15) is 58.3 Å². The Bertz CT molecular complexity index is 1030. The van der Waals surface area contributed by atoms with Crippen molar-refractivity contribution in [1.82, 2.24) is 5.32 Å². The van der Waals surface area contributed by atoms with Gasteiger partial charge in [0.05, 0.1) is 15.6 Å². The Morgan fingerprint density at radius 1 is 1.23 bits per heavy atom. The maximum Gasteiger partial charge on any atom is 0.257 e. The monoisotopic (exact) mass is 483 g/mol. The molecule has 0 radical (unpaired) electrons. The molecule has 1 atom stereocenters. The number of anilines is 1. The van der Waals surface area contributed by atoms with E-state index < -0.39 is 11.8 Å². The molecule has 3 rings (SSSR count). The van der Waals surface area contributed by atoms with Gasteiger partial charge in [-0.25, -0.2) is 0 Å². The number of halogens is 2. The third kappa shape index (κ3) is 4.97. The van der Waals surface area contributed by atoms with E-state index in [4.69, 9.17) is 41.2 Å². The summed E-state index contributed by atoms with van der Waals surface area (Å²) in [4.78, 5) is 25.8. The van der Waals surface area contributed by atoms with Crippen LogP contribution in [0, 0.1) is 11.3 Å². The van der Waals surface area contributed by atoms with Crippen LogP contribution in [0.25, 0.3) is 0 Å². The van der Waals surface area contributed by atoms with Gasteiger partial charge in [-0.05, 0) is 66.6 Å². The molecule has 0 fully saturated rings. The Morgan fingerprint density at radius 3 is 2.53 bits per heavy atom. The zero-order valence-corrected chi connectivity index (χ0v) is 20.0. The highest BCUT2D eigenvalue weighted by Crippen LogP contribution is 2.44. The SMILES string of the molecule is CC(C)(C)C1CCc2c(sc(NC(=S)NC(=O)c3ccc(Cl)c(Cl)c3)c2C(N)=O)C1. The lowest BCUT2D eigenvalue weighted by Crippen LogP contribution is -2.34. The third-order valence-electron chi connectivity index (χ3n) is 5.37. The average molecular weight is 484 g/mol. The van der Waals surface area contributed by atoms with Gasteiger partial charge in [-0.3, -0.25) is 14.9 Å². The van der Waals surface area contributed by atoms with Crippen LogP contribution < -0.4 is 16.4 Å². The van der Waals surface area contributed by atoms with Crippen LogP contribution in [0.5, 0.6) is 0 Å². The Labute approximate surface area is 195 Å². The second-order valence-corrected chi connectivity index (χ2v) is 10.7. The molecule has 1 aromatic heterocycles. The fourth-order valence-corrected chi connectivity index (χ4v) is 5.52. The van der Waals surface area contributed by atoms with Gasteiger partial charge in [0, 0.05) is 10.4 Å². The molecule has 0 spiro atoms. The quantitative estimate of drug-likeness (QED) is 0.507. The molecule has 5 nitrogen and oxygen atoms in total. The largest absolute Gasteiger partial charge is 0.365 e. The summed E-state index contributed by atoms with van der Waals surface area (Å²) < 4.78 is 0. The van der Waals surface area contributed by atoms with Gasteiger partial charge in [0.2, 0.25) is 0 Å². The van der Waals surface area contributed by atoms with Crippen molar-refractivity contribution >= 4 is 68.7 Å². The molecule has 1 aliphatic carbocycles. The number of rotatable bonds is 3. The third-order valence-corrected chi connectivity index (χ3v) is 7.49. The normalized spacial score (nSPS) is 16.0. The predicted octanol–water partition coefficient (Wildman–Crippen LogP) is 5.43. The molecular formula is C21H23Cl2N3O2S2. The first-order valence-corrected chi connectivity index (χ1v) is 11.5. The Morgan fingerprint density at radius 2 is 1.93 bits per heavy atom. The summed E-state index contributed by atoms with van der Waals surface area (Å²) in [6.45, 7) is 6.70. The smallest absolute Gasteiger partial charge is 0.257 e. The van der Waals surface area contributed by atoms with Crippen LogP contribution >= 0.6 is 46.8 Å². The number of amides is 2. The summed E-state index contributed by atoms with van der Waals surface area (Å²) in [7, 11) is 0. The molecule has 0 saturated carbocycles. The van der Waals surface area contributed by atoms with E-state index >= 15 is 0 Å². The second kappa shape index (κ2) is 8.83. The first-order valence-electron chi connectivity index (χ1n) is 9.49. The molecule has 1 aromatic carbocycles. The molecule has 4 N–H and O–H groups in total. The van der Waals surface area contributed by atoms with Crippen molar-refractivity contribution < 1.29 is 9.59 Å². The topological polar surface area (TPSA) is 84.2 Å². The highest BCUT2D eigenvalue weighted by atomic mass is 35.5. The van der Waals surface area contributed by atoms with E-state index in [1.165, 1.54) is 17.4 Å². The standard InChI is InChI=1S/C21H23Cl2N3O2S2/c1-21(2,3)11-5-6-12-15(9-11)30-19(16(12)17(24)27)26-20(29)25-18(28)10-4-7-13(22)14(23)8-10/h4,7-8,11H,5-6,9H2,1-3H3,(H2,24,27)(H2,25,26,28,29). The number of hydrogen-bond acceptors (Lipinski definition) is 4. The van der Waals surface area contributed by atoms with Crippen LogP contribution in [-0.2, 0) is 12.8 Å². The molecule has 2 aromatic rings. The summed E-state index contributed by atoms with van der Waals surface area (Å²) in [6, 6.07) is 4.56. The molecule has 2 amide bonds. The minimum absolute atomic E-state index is 0.0829. The molecule has 30 heavy (non-hydrogen) atoms. The van der Waals surface area contributed by atoms with Crippen molar-refractivity contribution in [1.29, 1.82) is 0 Å². The fraction of sp³-hybridized carbons (Fsp3) is 0.381. The average Bonchev–Trinajstić information content (AvgIpc) is 2.99. The number of nitrogens with two attached hydrogens (primary N) is 1. The minimum Gasteiger partial charge on any atom is -0.365 e. The van der Waals surface area contributed by atoms with Gasteiger partial charge < -0.3 is 11.1 Å². The van der Waals surface area contributed by atoms with Crippen LogP contribution in [0.4, 0.5) is 5.00 Å². The van der Waals surface area contributed by atoms with Crippen molar-refractivity contribution in [3.63, 3.8) is 0 Å². The van der Waals surface area contributed by atoms with E-state index in [9.17, 15) is 9.59 Å². The van der Waals surface area contributed by atoms with Gasteiger partial charge in [-0.2, -0.15) is 0 Å². The molecule has 9 heteroatoms. The van der Waals surface area contributed by atoms with Crippen molar-refractivity contribution in [2.75, 3.05) is 5.32 Å². The van der Waals surface area contributed by atoms with E-state index in [2.05, 4.69) is 31.4 Å². The van der Waals surface area contributed by atoms with E-state index in [1.807, 2.05) is 0 Å². The van der Waals surface area contributed by atoms with Crippen molar-refractivity contribution in [3.8, 4) is 0 Å². The van der Waals surface area contributed by atoms with Gasteiger partial charge in [0.25, 0.3) is 11.8 Å². The summed E-state index contributed by atoms with van der Waals surface area (Å²) in [6.07, 6.45) is 2.70. The first kappa shape index (κ1) is 23.0. The van der Waals surface area contributed by atoms with Gasteiger partial charge in [0.1, 0.15) is 5.00 Å². The Hall–Kier alpha value is -1.67. The lowest BCUT2D eigenvalue weighted by Gasteiger charge is -2.33. The van der Waals surface area contributed by atoms with Crippen LogP contribution in [0.15, 0.2) is 18.2 Å². The first-order chi connectivity index (χ1) is 14.0. The minimum atomic E-state index is -0.497. The molecule has 1 aliphatic rings. The summed E-state index contributed by atoms with van der Waals surface area (Å²) in [5.74, 6) is -0.401. The highest BCUT2D eigenvalue weighted by Gasteiger charge is 2.33. The van der Waals surface area contributed by atoms with Gasteiger partial charge >= 0.3 is 0 Å². The summed E-state index contributed by atoms with van der Waals surface area (Å²) in [5, 5.41) is 6.88. The zero-order chi connectivity index (χ0) is 22.2. The van der Waals surface area contributed by atoms with Crippen LogP contribution in [0.3, 0.4) is 0 Å². The molecule has 1 heterocycles. The van der Waals surface area contributed by atoms with Crippen LogP contribution in [0.2, 0.25) is 10.0 Å². The lowest BCUT2D eigenvalue weighted by atomic mass is 9.72. The highest BCUT2D eigenvalue weighted by molar-refractivity contribution is 7.80. The molecular weight excluding hydrogens is 461 g/mol. The summed E-state index contributed by atoms with van der Waals surface area (Å²) >= 11 is 18.6. The van der Waals surface area contributed by atoms with Crippen molar-refractivity contribution in [3.05, 3.63) is 49.8 Å². The second-order valence-electron chi connectivity index (χ2n) is 8.42. The number of thiophene rings is 1. The molecule has 160 valence electrons. The number of hydrogen-bond donors (Lipinski definition) is 3. The van der Waals surface area contributed by atoms with Gasteiger partial charge in [0.15, 0.2) is 5.11 Å². The fourth-order valence-electron chi connectivity index (χ4n) is 3.62. The molecule has 0 aliphatic heterocycles. The van der Waals surface area contributed by atoms with Crippen molar-refractivity contribution in [2.45, 2.75) is 40.0 Å². The van der Waals surface area contributed by atoms with E-state index in [0.29, 0.717) is 27.1 Å².